The molecule has 22 heavy (non-hydrogen) atoms. The maximum absolute atomic E-state index is 9.62. The molecule has 0 aromatic heterocycles. The molecule has 2 aromatic carbocycles. The molecule has 0 saturated heterocycles. The van der Waals surface area contributed by atoms with Gasteiger partial charge in [-0.05, 0) is 36.8 Å². The van der Waals surface area contributed by atoms with E-state index in [1.807, 2.05) is 32.2 Å². The lowest BCUT2D eigenvalue weighted by Gasteiger charge is -2.34. The number of fused-ring (bicyclic) bond motifs is 1. The highest BCUT2D eigenvalue weighted by Gasteiger charge is 2.23. The second-order valence-electron chi connectivity index (χ2n) is 5.55. The zero-order chi connectivity index (χ0) is 15.5. The molecule has 1 aliphatic heterocycles. The van der Waals surface area contributed by atoms with Crippen molar-refractivity contribution in [3.8, 4) is 17.2 Å². The average molecular weight is 299 g/mol. The van der Waals surface area contributed by atoms with Crippen LogP contribution in [0.4, 0.5) is 5.69 Å². The van der Waals surface area contributed by atoms with Crippen LogP contribution in [0.5, 0.6) is 17.2 Å². The number of phenols is 1. The predicted octanol–water partition coefficient (Wildman–Crippen LogP) is 3.23. The number of rotatable bonds is 4. The first-order valence-electron chi connectivity index (χ1n) is 7.58. The molecule has 1 atom stereocenters. The quantitative estimate of drug-likeness (QED) is 0.941. The third kappa shape index (κ3) is 3.11. The van der Waals surface area contributed by atoms with Gasteiger partial charge in [-0.15, -0.1) is 0 Å². The summed E-state index contributed by atoms with van der Waals surface area (Å²) in [6.07, 6.45) is 0.892. The largest absolute Gasteiger partial charge is 0.508 e. The lowest BCUT2D eigenvalue weighted by atomic mass is 10.1. The van der Waals surface area contributed by atoms with Crippen molar-refractivity contribution in [1.29, 1.82) is 0 Å². The number of ether oxygens (including phenoxy) is 2. The Morgan fingerprint density at radius 1 is 1.23 bits per heavy atom. The van der Waals surface area contributed by atoms with E-state index < -0.39 is 0 Å². The molecule has 0 bridgehead atoms. The molecule has 1 unspecified atom stereocenters. The minimum Gasteiger partial charge on any atom is -0.508 e. The molecule has 1 N–H and O–H groups in total. The van der Waals surface area contributed by atoms with Crippen molar-refractivity contribution in [2.45, 2.75) is 19.4 Å². The Balaban J connectivity index is 1.71. The molecule has 3 rings (SSSR count). The van der Waals surface area contributed by atoms with Crippen LogP contribution < -0.4 is 14.4 Å². The van der Waals surface area contributed by atoms with E-state index in [0.717, 1.165) is 30.2 Å². The topological polar surface area (TPSA) is 41.9 Å². The van der Waals surface area contributed by atoms with Crippen LogP contribution in [0.2, 0.25) is 0 Å². The van der Waals surface area contributed by atoms with Crippen LogP contribution >= 0.6 is 0 Å². The number of aromatic hydroxyl groups is 1. The van der Waals surface area contributed by atoms with Gasteiger partial charge in [-0.2, -0.15) is 0 Å². The monoisotopic (exact) mass is 299 g/mol. The first-order chi connectivity index (χ1) is 10.7. The highest BCUT2D eigenvalue weighted by Crippen LogP contribution is 2.35. The molecule has 0 fully saturated rings. The van der Waals surface area contributed by atoms with Crippen molar-refractivity contribution in [3.05, 3.63) is 48.0 Å². The smallest absolute Gasteiger partial charge is 0.146 e. The van der Waals surface area contributed by atoms with E-state index in [4.69, 9.17) is 9.47 Å². The maximum Gasteiger partial charge on any atom is 0.146 e. The van der Waals surface area contributed by atoms with Gasteiger partial charge in [0.2, 0.25) is 0 Å². The van der Waals surface area contributed by atoms with Gasteiger partial charge in [-0.3, -0.25) is 0 Å². The van der Waals surface area contributed by atoms with Gasteiger partial charge in [0.1, 0.15) is 23.4 Å². The Kier molecular flexibility index (Phi) is 4.09. The van der Waals surface area contributed by atoms with Crippen LogP contribution in [0.15, 0.2) is 42.5 Å². The van der Waals surface area contributed by atoms with E-state index in [-0.39, 0.29) is 11.9 Å². The van der Waals surface area contributed by atoms with Gasteiger partial charge in [0.15, 0.2) is 0 Å². The molecule has 0 spiro atoms. The van der Waals surface area contributed by atoms with E-state index in [0.29, 0.717) is 6.61 Å². The van der Waals surface area contributed by atoms with Gasteiger partial charge in [-0.25, -0.2) is 0 Å². The Morgan fingerprint density at radius 3 is 2.73 bits per heavy atom. The summed E-state index contributed by atoms with van der Waals surface area (Å²) in [7, 11) is 2.05. The number of nitrogens with zero attached hydrogens (tertiary/aromatic N) is 1. The summed E-state index contributed by atoms with van der Waals surface area (Å²) < 4.78 is 11.5. The van der Waals surface area contributed by atoms with Crippen LogP contribution in [-0.2, 0) is 6.42 Å². The Labute approximate surface area is 130 Å². The fourth-order valence-corrected chi connectivity index (χ4v) is 2.79. The molecule has 116 valence electrons. The van der Waals surface area contributed by atoms with Crippen molar-refractivity contribution in [2.75, 3.05) is 25.1 Å². The molecule has 1 heterocycles. The number of hydrogen-bond acceptors (Lipinski definition) is 4. The predicted molar refractivity (Wildman–Crippen MR) is 87.1 cm³/mol. The third-order valence-electron chi connectivity index (χ3n) is 3.82. The number of benzene rings is 2. The second-order valence-corrected chi connectivity index (χ2v) is 5.55. The van der Waals surface area contributed by atoms with Crippen LogP contribution in [-0.4, -0.2) is 31.4 Å². The lowest BCUT2D eigenvalue weighted by Crippen LogP contribution is -2.38. The van der Waals surface area contributed by atoms with Crippen LogP contribution in [0, 0.1) is 0 Å². The standard InChI is InChI=1S/C18H21NO3/c1-3-21-15-7-4-13(5-8-15)10-16-12-19(2)17-9-6-14(20)11-18(17)22-16/h4-9,11,16,20H,3,10,12H2,1-2H3. The lowest BCUT2D eigenvalue weighted by molar-refractivity contribution is 0.195. The zero-order valence-electron chi connectivity index (χ0n) is 13.0. The fourth-order valence-electron chi connectivity index (χ4n) is 2.79. The first kappa shape index (κ1) is 14.6. The summed E-state index contributed by atoms with van der Waals surface area (Å²) in [5.41, 5.74) is 2.23. The summed E-state index contributed by atoms with van der Waals surface area (Å²) in [5.74, 6) is 1.86. The van der Waals surface area contributed by atoms with Gasteiger partial charge in [0, 0.05) is 19.5 Å². The Morgan fingerprint density at radius 2 is 2.00 bits per heavy atom. The SMILES string of the molecule is CCOc1ccc(CC2CN(C)c3ccc(O)cc3O2)cc1. The molecule has 1 aliphatic rings. The summed E-state index contributed by atoms with van der Waals surface area (Å²) >= 11 is 0. The van der Waals surface area contributed by atoms with E-state index in [1.165, 1.54) is 5.56 Å². The summed E-state index contributed by atoms with van der Waals surface area (Å²) in [6, 6.07) is 13.4. The fraction of sp³-hybridized carbons (Fsp3) is 0.333. The normalized spacial score (nSPS) is 16.8. The van der Waals surface area contributed by atoms with Crippen molar-refractivity contribution in [2.24, 2.45) is 0 Å². The van der Waals surface area contributed by atoms with Gasteiger partial charge in [0.05, 0.1) is 18.8 Å². The van der Waals surface area contributed by atoms with Gasteiger partial charge in [-0.1, -0.05) is 12.1 Å². The zero-order valence-corrected chi connectivity index (χ0v) is 13.0. The van der Waals surface area contributed by atoms with E-state index in [1.54, 1.807) is 12.1 Å². The molecule has 4 heteroatoms. The van der Waals surface area contributed by atoms with E-state index in [9.17, 15) is 5.11 Å². The second kappa shape index (κ2) is 6.18. The van der Waals surface area contributed by atoms with Gasteiger partial charge in [0.25, 0.3) is 0 Å². The summed E-state index contributed by atoms with van der Waals surface area (Å²) in [6.45, 7) is 3.48. The average Bonchev–Trinajstić information content (AvgIpc) is 2.49. The Bertz CT molecular complexity index is 639. The third-order valence-corrected chi connectivity index (χ3v) is 3.82. The maximum atomic E-state index is 9.62. The molecule has 0 aliphatic carbocycles. The highest BCUT2D eigenvalue weighted by atomic mass is 16.5. The molecule has 0 radical (unpaired) electrons. The minimum absolute atomic E-state index is 0.0669. The Hall–Kier alpha value is -2.36. The van der Waals surface area contributed by atoms with E-state index >= 15 is 0 Å². The highest BCUT2D eigenvalue weighted by molar-refractivity contribution is 5.62. The van der Waals surface area contributed by atoms with Crippen LogP contribution in [0.1, 0.15) is 12.5 Å². The van der Waals surface area contributed by atoms with Crippen LogP contribution in [0.25, 0.3) is 0 Å². The summed E-state index contributed by atoms with van der Waals surface area (Å²) in [4.78, 5) is 2.16. The molecule has 2 aromatic rings. The van der Waals surface area contributed by atoms with Crippen molar-refractivity contribution in [1.82, 2.24) is 0 Å². The number of hydrogen-bond donors (Lipinski definition) is 1. The molecule has 4 nitrogen and oxygen atoms in total. The van der Waals surface area contributed by atoms with Crippen molar-refractivity contribution < 1.29 is 14.6 Å². The minimum atomic E-state index is 0.0669. The van der Waals surface area contributed by atoms with Crippen LogP contribution in [0.3, 0.4) is 0 Å². The molecule has 0 amide bonds. The number of anilines is 1. The van der Waals surface area contributed by atoms with Gasteiger partial charge >= 0.3 is 0 Å². The molecule has 0 saturated carbocycles. The first-order valence-corrected chi connectivity index (χ1v) is 7.58. The number of likely N-dealkylation sites (N-methyl/N-ethyl adjacent to an activating group) is 1. The van der Waals surface area contributed by atoms with Crippen molar-refractivity contribution in [3.63, 3.8) is 0 Å². The van der Waals surface area contributed by atoms with E-state index in [2.05, 4.69) is 17.0 Å². The molecular weight excluding hydrogens is 278 g/mol. The number of phenolic OH excluding ortho intramolecular Hbond substituents is 1. The van der Waals surface area contributed by atoms with Crippen molar-refractivity contribution >= 4 is 5.69 Å². The summed E-state index contributed by atoms with van der Waals surface area (Å²) in [5, 5.41) is 9.62. The van der Waals surface area contributed by atoms with Gasteiger partial charge < -0.3 is 19.5 Å². The molecular formula is C18H21NO3.